The van der Waals surface area contributed by atoms with Gasteiger partial charge in [-0.15, -0.1) is 0 Å². The fourth-order valence-corrected chi connectivity index (χ4v) is 1.82. The summed E-state index contributed by atoms with van der Waals surface area (Å²) >= 11 is 0. The van der Waals surface area contributed by atoms with Crippen LogP contribution in [0.2, 0.25) is 0 Å². The fourth-order valence-electron chi connectivity index (χ4n) is 1.82. The number of ketones is 1. The number of aromatic nitrogens is 2. The highest BCUT2D eigenvalue weighted by Gasteiger charge is 2.13. The van der Waals surface area contributed by atoms with Crippen LogP contribution in [-0.4, -0.2) is 15.8 Å². The minimum atomic E-state index is -0.0212. The van der Waals surface area contributed by atoms with E-state index < -0.39 is 0 Å². The van der Waals surface area contributed by atoms with E-state index in [1.165, 1.54) is 0 Å². The molecule has 0 aliphatic carbocycles. The van der Waals surface area contributed by atoms with Crippen molar-refractivity contribution in [2.45, 2.75) is 19.8 Å². The van der Waals surface area contributed by atoms with Crippen LogP contribution in [0.25, 0.3) is 0 Å². The summed E-state index contributed by atoms with van der Waals surface area (Å²) in [4.78, 5) is 20.3. The maximum absolute atomic E-state index is 12.2. The minimum absolute atomic E-state index is 0.0212. The molecule has 2 rings (SSSR count). The molecule has 0 fully saturated rings. The third-order valence-electron chi connectivity index (χ3n) is 2.83. The van der Waals surface area contributed by atoms with Crippen molar-refractivity contribution in [2.75, 3.05) is 5.73 Å². The molecule has 0 saturated carbocycles. The van der Waals surface area contributed by atoms with Gasteiger partial charge in [0, 0.05) is 36.3 Å². The number of hydrogen-bond acceptors (Lipinski definition) is 4. The fraction of sp³-hybridized carbons (Fsp3) is 0.214. The lowest BCUT2D eigenvalue weighted by Crippen LogP contribution is -2.10. The molecule has 0 saturated heterocycles. The first-order chi connectivity index (χ1) is 8.72. The Morgan fingerprint density at radius 2 is 2.11 bits per heavy atom. The molecule has 92 valence electrons. The first-order valence-electron chi connectivity index (χ1n) is 5.87. The van der Waals surface area contributed by atoms with Crippen molar-refractivity contribution in [2.24, 2.45) is 0 Å². The molecule has 2 aromatic heterocycles. The standard InChI is InChI=1S/C14H15N3O/c1-2-10-4-3-6-17-14(10)13(18)8-11-9-16-7-5-12(11)15/h3-7,9H,2,8H2,1H3,(H2,15,16). The van der Waals surface area contributed by atoms with Crippen LogP contribution in [0, 0.1) is 0 Å². The Kier molecular flexibility index (Phi) is 3.67. The van der Waals surface area contributed by atoms with Crippen molar-refractivity contribution < 1.29 is 4.79 Å². The van der Waals surface area contributed by atoms with Crippen LogP contribution >= 0.6 is 0 Å². The molecular formula is C14H15N3O. The largest absolute Gasteiger partial charge is 0.398 e. The summed E-state index contributed by atoms with van der Waals surface area (Å²) in [6, 6.07) is 5.46. The van der Waals surface area contributed by atoms with Crippen LogP contribution in [0.4, 0.5) is 5.69 Å². The summed E-state index contributed by atoms with van der Waals surface area (Å²) in [5.41, 5.74) is 8.63. The van der Waals surface area contributed by atoms with E-state index in [0.29, 0.717) is 11.4 Å². The number of anilines is 1. The molecule has 4 nitrogen and oxygen atoms in total. The molecule has 0 aliphatic rings. The lowest BCUT2D eigenvalue weighted by atomic mass is 10.0. The predicted octanol–water partition coefficient (Wildman–Crippen LogP) is 2.05. The zero-order valence-corrected chi connectivity index (χ0v) is 10.3. The number of nitrogen functional groups attached to an aromatic ring is 1. The predicted molar refractivity (Wildman–Crippen MR) is 70.3 cm³/mol. The molecular weight excluding hydrogens is 226 g/mol. The number of Topliss-reactive ketones (excluding diaryl/α,β-unsaturated/α-hetero) is 1. The van der Waals surface area contributed by atoms with E-state index in [0.717, 1.165) is 17.5 Å². The first-order valence-corrected chi connectivity index (χ1v) is 5.87. The van der Waals surface area contributed by atoms with E-state index in [1.54, 1.807) is 24.7 Å². The van der Waals surface area contributed by atoms with Gasteiger partial charge in [-0.1, -0.05) is 13.0 Å². The molecule has 0 unspecified atom stereocenters. The summed E-state index contributed by atoms with van der Waals surface area (Å²) in [6.45, 7) is 2.01. The van der Waals surface area contributed by atoms with Crippen molar-refractivity contribution in [3.63, 3.8) is 0 Å². The van der Waals surface area contributed by atoms with Gasteiger partial charge in [0.1, 0.15) is 5.69 Å². The van der Waals surface area contributed by atoms with E-state index in [9.17, 15) is 4.79 Å². The highest BCUT2D eigenvalue weighted by atomic mass is 16.1. The van der Waals surface area contributed by atoms with Gasteiger partial charge in [-0.3, -0.25) is 14.8 Å². The highest BCUT2D eigenvalue weighted by molar-refractivity contribution is 5.97. The van der Waals surface area contributed by atoms with Gasteiger partial charge in [0.25, 0.3) is 0 Å². The van der Waals surface area contributed by atoms with Gasteiger partial charge in [0.2, 0.25) is 0 Å². The summed E-state index contributed by atoms with van der Waals surface area (Å²) in [7, 11) is 0. The molecule has 0 amide bonds. The lowest BCUT2D eigenvalue weighted by Gasteiger charge is -2.06. The van der Waals surface area contributed by atoms with Crippen LogP contribution < -0.4 is 5.73 Å². The van der Waals surface area contributed by atoms with Gasteiger partial charge in [-0.2, -0.15) is 0 Å². The molecule has 0 aliphatic heterocycles. The molecule has 2 aromatic rings. The number of rotatable bonds is 4. The van der Waals surface area contributed by atoms with Crippen LogP contribution in [0.3, 0.4) is 0 Å². The van der Waals surface area contributed by atoms with E-state index >= 15 is 0 Å². The Bertz CT molecular complexity index is 566. The third kappa shape index (κ3) is 2.53. The topological polar surface area (TPSA) is 68.9 Å². The maximum Gasteiger partial charge on any atom is 0.185 e. The Balaban J connectivity index is 2.25. The molecule has 0 aromatic carbocycles. The first kappa shape index (κ1) is 12.2. The number of nitrogens with two attached hydrogens (primary N) is 1. The van der Waals surface area contributed by atoms with Gasteiger partial charge < -0.3 is 5.73 Å². The average molecular weight is 241 g/mol. The van der Waals surface area contributed by atoms with E-state index in [1.807, 2.05) is 19.1 Å². The quantitative estimate of drug-likeness (QED) is 0.832. The number of aryl methyl sites for hydroxylation is 1. The molecule has 0 bridgehead atoms. The molecule has 2 N–H and O–H groups in total. The molecule has 4 heteroatoms. The molecule has 0 radical (unpaired) electrons. The van der Waals surface area contributed by atoms with Gasteiger partial charge in [-0.25, -0.2) is 0 Å². The monoisotopic (exact) mass is 241 g/mol. The molecule has 18 heavy (non-hydrogen) atoms. The van der Waals surface area contributed by atoms with Gasteiger partial charge in [0.15, 0.2) is 5.78 Å². The van der Waals surface area contributed by atoms with Crippen LogP contribution in [0.5, 0.6) is 0 Å². The van der Waals surface area contributed by atoms with Crippen LogP contribution in [0.15, 0.2) is 36.8 Å². The van der Waals surface area contributed by atoms with Crippen molar-refractivity contribution in [3.05, 3.63) is 53.6 Å². The summed E-state index contributed by atoms with van der Waals surface area (Å²) in [5, 5.41) is 0. The maximum atomic E-state index is 12.2. The Morgan fingerprint density at radius 1 is 1.28 bits per heavy atom. The number of nitrogens with zero attached hydrogens (tertiary/aromatic N) is 2. The van der Waals surface area contributed by atoms with Crippen molar-refractivity contribution in [1.82, 2.24) is 9.97 Å². The molecule has 0 spiro atoms. The van der Waals surface area contributed by atoms with Crippen LogP contribution in [0.1, 0.15) is 28.5 Å². The lowest BCUT2D eigenvalue weighted by molar-refractivity contribution is 0.0987. The summed E-state index contributed by atoms with van der Waals surface area (Å²) in [6.07, 6.45) is 5.91. The average Bonchev–Trinajstić information content (AvgIpc) is 2.41. The van der Waals surface area contributed by atoms with Crippen molar-refractivity contribution in [1.29, 1.82) is 0 Å². The second-order valence-corrected chi connectivity index (χ2v) is 4.04. The van der Waals surface area contributed by atoms with Gasteiger partial charge in [0.05, 0.1) is 0 Å². The van der Waals surface area contributed by atoms with E-state index in [-0.39, 0.29) is 12.2 Å². The third-order valence-corrected chi connectivity index (χ3v) is 2.83. The molecule has 2 heterocycles. The number of carbonyl (C=O) groups excluding carboxylic acids is 1. The zero-order valence-electron chi connectivity index (χ0n) is 10.3. The van der Waals surface area contributed by atoms with Crippen LogP contribution in [-0.2, 0) is 12.8 Å². The van der Waals surface area contributed by atoms with Crippen molar-refractivity contribution in [3.8, 4) is 0 Å². The zero-order chi connectivity index (χ0) is 13.0. The number of hydrogen-bond donors (Lipinski definition) is 1. The second kappa shape index (κ2) is 5.40. The number of pyridine rings is 2. The molecule has 0 atom stereocenters. The van der Waals surface area contributed by atoms with E-state index in [4.69, 9.17) is 5.73 Å². The Morgan fingerprint density at radius 3 is 2.83 bits per heavy atom. The Labute approximate surface area is 106 Å². The minimum Gasteiger partial charge on any atom is -0.398 e. The summed E-state index contributed by atoms with van der Waals surface area (Å²) in [5.74, 6) is -0.0212. The SMILES string of the molecule is CCc1cccnc1C(=O)Cc1cnccc1N. The smallest absolute Gasteiger partial charge is 0.185 e. The Hall–Kier alpha value is -2.23. The van der Waals surface area contributed by atoms with Gasteiger partial charge >= 0.3 is 0 Å². The van der Waals surface area contributed by atoms with E-state index in [2.05, 4.69) is 9.97 Å². The van der Waals surface area contributed by atoms with Gasteiger partial charge in [-0.05, 0) is 24.1 Å². The van der Waals surface area contributed by atoms with Crippen molar-refractivity contribution >= 4 is 11.5 Å². The number of carbonyl (C=O) groups is 1. The normalized spacial score (nSPS) is 10.3. The highest BCUT2D eigenvalue weighted by Crippen LogP contribution is 2.14. The second-order valence-electron chi connectivity index (χ2n) is 4.04. The summed E-state index contributed by atoms with van der Waals surface area (Å²) < 4.78 is 0.